The van der Waals surface area contributed by atoms with Crippen molar-refractivity contribution in [3.63, 3.8) is 0 Å². The number of halogens is 1. The molecule has 22 heavy (non-hydrogen) atoms. The van der Waals surface area contributed by atoms with Crippen LogP contribution >= 0.6 is 22.9 Å². The number of aromatic nitrogens is 2. The van der Waals surface area contributed by atoms with Crippen molar-refractivity contribution in [2.75, 3.05) is 5.32 Å². The third-order valence-electron chi connectivity index (χ3n) is 4.04. The minimum atomic E-state index is -0.163. The van der Waals surface area contributed by atoms with Crippen LogP contribution in [0.1, 0.15) is 27.3 Å². The smallest absolute Gasteiger partial charge is 0.268 e. The minimum Gasteiger partial charge on any atom is -0.306 e. The molecule has 2 heterocycles. The van der Waals surface area contributed by atoms with Gasteiger partial charge in [0.15, 0.2) is 0 Å². The van der Waals surface area contributed by atoms with Gasteiger partial charge in [-0.25, -0.2) is 0 Å². The molecule has 0 saturated carbocycles. The van der Waals surface area contributed by atoms with Gasteiger partial charge in [0.25, 0.3) is 5.91 Å². The zero-order valence-electron chi connectivity index (χ0n) is 12.0. The summed E-state index contributed by atoms with van der Waals surface area (Å²) in [6.45, 7) is 0. The molecule has 0 saturated heterocycles. The summed E-state index contributed by atoms with van der Waals surface area (Å²) in [5.74, 6) is 0.634. The molecule has 0 aliphatic heterocycles. The Morgan fingerprint density at radius 1 is 1.36 bits per heavy atom. The maximum atomic E-state index is 12.6. The van der Waals surface area contributed by atoms with Gasteiger partial charge in [-0.05, 0) is 25.3 Å². The van der Waals surface area contributed by atoms with Crippen molar-refractivity contribution in [3.8, 4) is 0 Å². The Morgan fingerprint density at radius 2 is 2.18 bits per heavy atom. The number of hydrogen-bond donors (Lipinski definition) is 1. The Morgan fingerprint density at radius 3 is 3.00 bits per heavy atom. The van der Waals surface area contributed by atoms with E-state index in [4.69, 9.17) is 11.6 Å². The number of benzene rings is 1. The molecule has 0 radical (unpaired) electrons. The summed E-state index contributed by atoms with van der Waals surface area (Å²) in [5, 5.41) is 8.92. The molecule has 1 aromatic carbocycles. The summed E-state index contributed by atoms with van der Waals surface area (Å²) < 4.78 is 2.77. The number of hydrogen-bond acceptors (Lipinski definition) is 3. The molecular weight excluding hydrogens is 318 g/mol. The van der Waals surface area contributed by atoms with Crippen LogP contribution in [0.2, 0.25) is 5.02 Å². The summed E-state index contributed by atoms with van der Waals surface area (Å²) in [4.78, 5) is 13.2. The zero-order valence-corrected chi connectivity index (χ0v) is 13.6. The molecule has 1 aliphatic rings. The molecule has 0 atom stereocenters. The van der Waals surface area contributed by atoms with Gasteiger partial charge < -0.3 is 5.32 Å². The van der Waals surface area contributed by atoms with Crippen molar-refractivity contribution in [1.82, 2.24) is 9.78 Å². The highest BCUT2D eigenvalue weighted by atomic mass is 35.5. The number of fused-ring (bicyclic) bond motifs is 2. The predicted molar refractivity (Wildman–Crippen MR) is 90.0 cm³/mol. The van der Waals surface area contributed by atoms with Crippen LogP contribution in [-0.4, -0.2) is 15.7 Å². The van der Waals surface area contributed by atoms with Crippen LogP contribution in [0.25, 0.3) is 10.1 Å². The van der Waals surface area contributed by atoms with E-state index in [1.54, 1.807) is 4.68 Å². The fourth-order valence-electron chi connectivity index (χ4n) is 3.00. The van der Waals surface area contributed by atoms with Gasteiger partial charge in [0.05, 0.1) is 10.7 Å². The van der Waals surface area contributed by atoms with E-state index in [1.165, 1.54) is 11.3 Å². The molecule has 4 rings (SSSR count). The molecule has 2 aromatic heterocycles. The topological polar surface area (TPSA) is 46.9 Å². The van der Waals surface area contributed by atoms with E-state index < -0.39 is 0 Å². The lowest BCUT2D eigenvalue weighted by molar-refractivity contribution is 0.102. The number of thiophene rings is 1. The Balaban J connectivity index is 1.71. The number of aryl methyl sites for hydroxylation is 2. The monoisotopic (exact) mass is 331 g/mol. The molecule has 0 unspecified atom stereocenters. The van der Waals surface area contributed by atoms with Gasteiger partial charge >= 0.3 is 0 Å². The van der Waals surface area contributed by atoms with Gasteiger partial charge in [-0.15, -0.1) is 11.3 Å². The van der Waals surface area contributed by atoms with Gasteiger partial charge in [0.1, 0.15) is 10.7 Å². The van der Waals surface area contributed by atoms with Crippen LogP contribution in [0.5, 0.6) is 0 Å². The lowest BCUT2D eigenvalue weighted by atomic mass is 10.2. The number of nitrogens with zero attached hydrogens (tertiary/aromatic N) is 2. The molecule has 1 amide bonds. The molecule has 3 aromatic rings. The van der Waals surface area contributed by atoms with Crippen molar-refractivity contribution >= 4 is 44.7 Å². The van der Waals surface area contributed by atoms with Crippen LogP contribution in [0, 0.1) is 0 Å². The van der Waals surface area contributed by atoms with E-state index >= 15 is 0 Å². The highest BCUT2D eigenvalue weighted by molar-refractivity contribution is 7.21. The number of amides is 1. The molecule has 6 heteroatoms. The van der Waals surface area contributed by atoms with Crippen LogP contribution < -0.4 is 5.32 Å². The number of carbonyl (C=O) groups excluding carboxylic acids is 1. The summed E-state index contributed by atoms with van der Waals surface area (Å²) in [7, 11) is 1.86. The molecule has 4 nitrogen and oxygen atoms in total. The van der Waals surface area contributed by atoms with Crippen molar-refractivity contribution in [2.24, 2.45) is 7.05 Å². The fourth-order valence-corrected chi connectivity index (χ4v) is 4.41. The number of carbonyl (C=O) groups is 1. The van der Waals surface area contributed by atoms with Crippen molar-refractivity contribution < 1.29 is 4.79 Å². The Bertz CT molecular complexity index is 896. The van der Waals surface area contributed by atoms with Crippen LogP contribution in [0.3, 0.4) is 0 Å². The third kappa shape index (κ3) is 2.04. The summed E-state index contributed by atoms with van der Waals surface area (Å²) in [5.41, 5.74) is 2.26. The van der Waals surface area contributed by atoms with Gasteiger partial charge in [0, 0.05) is 22.7 Å². The molecule has 1 N–H and O–H groups in total. The molecule has 0 fully saturated rings. The standard InChI is InChI=1S/C16H14ClN3OS/c1-20-15(9-6-4-7-11(9)19-20)18-16(21)14-13(17)10-5-2-3-8-12(10)22-14/h2-3,5,8H,4,6-7H2,1H3,(H,18,21). The van der Waals surface area contributed by atoms with E-state index in [0.29, 0.717) is 9.90 Å². The maximum absolute atomic E-state index is 12.6. The fraction of sp³-hybridized carbons (Fsp3) is 0.250. The van der Waals surface area contributed by atoms with Gasteiger partial charge in [0.2, 0.25) is 0 Å². The summed E-state index contributed by atoms with van der Waals surface area (Å²) >= 11 is 7.80. The van der Waals surface area contributed by atoms with Crippen LogP contribution in [0.4, 0.5) is 5.82 Å². The first-order valence-corrected chi connectivity index (χ1v) is 8.37. The Labute approximate surface area is 136 Å². The van der Waals surface area contributed by atoms with Crippen molar-refractivity contribution in [1.29, 1.82) is 0 Å². The number of rotatable bonds is 2. The highest BCUT2D eigenvalue weighted by Crippen LogP contribution is 2.36. The largest absolute Gasteiger partial charge is 0.306 e. The highest BCUT2D eigenvalue weighted by Gasteiger charge is 2.24. The van der Waals surface area contributed by atoms with Gasteiger partial charge in [-0.2, -0.15) is 5.10 Å². The quantitative estimate of drug-likeness (QED) is 0.770. The van der Waals surface area contributed by atoms with Gasteiger partial charge in [-0.1, -0.05) is 29.8 Å². The Hall–Kier alpha value is -1.85. The van der Waals surface area contributed by atoms with E-state index in [0.717, 1.165) is 46.4 Å². The minimum absolute atomic E-state index is 0.163. The zero-order chi connectivity index (χ0) is 15.3. The second kappa shape index (κ2) is 5.11. The normalized spacial score (nSPS) is 13.5. The second-order valence-corrected chi connectivity index (χ2v) is 6.88. The molecule has 1 aliphatic carbocycles. The summed E-state index contributed by atoms with van der Waals surface area (Å²) in [6, 6.07) is 7.79. The first kappa shape index (κ1) is 13.8. The van der Waals surface area contributed by atoms with Crippen LogP contribution in [0.15, 0.2) is 24.3 Å². The van der Waals surface area contributed by atoms with E-state index in [1.807, 2.05) is 31.3 Å². The first-order valence-electron chi connectivity index (χ1n) is 7.18. The lowest BCUT2D eigenvalue weighted by Gasteiger charge is -2.06. The number of anilines is 1. The second-order valence-electron chi connectivity index (χ2n) is 5.45. The van der Waals surface area contributed by atoms with E-state index in [-0.39, 0.29) is 5.91 Å². The molecule has 112 valence electrons. The predicted octanol–water partition coefficient (Wildman–Crippen LogP) is 4.03. The van der Waals surface area contributed by atoms with Crippen LogP contribution in [-0.2, 0) is 19.9 Å². The average molecular weight is 332 g/mol. The number of nitrogens with one attached hydrogen (secondary N) is 1. The first-order chi connectivity index (χ1) is 10.6. The van der Waals surface area contributed by atoms with Crippen molar-refractivity contribution in [3.05, 3.63) is 45.4 Å². The van der Waals surface area contributed by atoms with E-state index in [2.05, 4.69) is 10.4 Å². The van der Waals surface area contributed by atoms with Gasteiger partial charge in [-0.3, -0.25) is 9.48 Å². The maximum Gasteiger partial charge on any atom is 0.268 e. The lowest BCUT2D eigenvalue weighted by Crippen LogP contribution is -2.14. The van der Waals surface area contributed by atoms with Crippen molar-refractivity contribution in [2.45, 2.75) is 19.3 Å². The SMILES string of the molecule is Cn1nc2c(c1NC(=O)c1sc3ccccc3c1Cl)CCC2. The Kier molecular flexibility index (Phi) is 3.20. The average Bonchev–Trinajstić information content (AvgIpc) is 3.16. The molecule has 0 spiro atoms. The molecule has 0 bridgehead atoms. The third-order valence-corrected chi connectivity index (χ3v) is 5.72. The van der Waals surface area contributed by atoms with E-state index in [9.17, 15) is 4.79 Å². The molecular formula is C16H14ClN3OS. The summed E-state index contributed by atoms with van der Waals surface area (Å²) in [6.07, 6.45) is 3.06.